The molecule has 0 fully saturated rings. The molecule has 0 radical (unpaired) electrons. The molecule has 1 unspecified atom stereocenters. The molecule has 0 amide bonds. The van der Waals surface area contributed by atoms with Crippen molar-refractivity contribution in [3.8, 4) is 0 Å². The van der Waals surface area contributed by atoms with Gasteiger partial charge in [-0.25, -0.2) is 0 Å². The van der Waals surface area contributed by atoms with Gasteiger partial charge >= 0.3 is 0 Å². The molecule has 1 rings (SSSR count). The maximum atomic E-state index is 5.99. The highest BCUT2D eigenvalue weighted by Gasteiger charge is 2.12. The standard InChI is InChI=1S/C10H13BrClN/c1-7(2)8(11)6-10-9(12)4-3-5-13-10/h3-5,7-8H,6H2,1-2H3. The molecule has 0 spiro atoms. The SMILES string of the molecule is CC(C)C(Br)Cc1ncccc1Cl. The van der Waals surface area contributed by atoms with Crippen LogP contribution in [0, 0.1) is 5.92 Å². The summed E-state index contributed by atoms with van der Waals surface area (Å²) in [5.74, 6) is 0.595. The van der Waals surface area contributed by atoms with E-state index in [-0.39, 0.29) is 0 Å². The summed E-state index contributed by atoms with van der Waals surface area (Å²) >= 11 is 9.60. The van der Waals surface area contributed by atoms with Gasteiger partial charge < -0.3 is 0 Å². The average Bonchev–Trinajstić information content (AvgIpc) is 2.08. The minimum Gasteiger partial charge on any atom is -0.260 e. The van der Waals surface area contributed by atoms with E-state index in [0.29, 0.717) is 10.7 Å². The smallest absolute Gasteiger partial charge is 0.0621 e. The molecule has 72 valence electrons. The van der Waals surface area contributed by atoms with Crippen molar-refractivity contribution in [1.29, 1.82) is 0 Å². The van der Waals surface area contributed by atoms with Crippen molar-refractivity contribution in [3.63, 3.8) is 0 Å². The Bertz CT molecular complexity index is 275. The predicted molar refractivity (Wildman–Crippen MR) is 60.5 cm³/mol. The number of hydrogen-bond donors (Lipinski definition) is 0. The largest absolute Gasteiger partial charge is 0.260 e. The van der Waals surface area contributed by atoms with Crippen molar-refractivity contribution in [1.82, 2.24) is 4.98 Å². The van der Waals surface area contributed by atoms with Crippen LogP contribution in [-0.4, -0.2) is 9.81 Å². The van der Waals surface area contributed by atoms with Gasteiger partial charge in [-0.2, -0.15) is 0 Å². The van der Waals surface area contributed by atoms with Crippen LogP contribution in [-0.2, 0) is 6.42 Å². The quantitative estimate of drug-likeness (QED) is 0.757. The van der Waals surface area contributed by atoms with Crippen LogP contribution in [0.2, 0.25) is 5.02 Å². The van der Waals surface area contributed by atoms with Crippen molar-refractivity contribution >= 4 is 27.5 Å². The lowest BCUT2D eigenvalue weighted by Gasteiger charge is -2.13. The van der Waals surface area contributed by atoms with Gasteiger partial charge in [0.05, 0.1) is 10.7 Å². The Kier molecular flexibility index (Phi) is 4.20. The average molecular weight is 263 g/mol. The Balaban J connectivity index is 2.69. The second-order valence-electron chi connectivity index (χ2n) is 3.40. The molecular formula is C10H13BrClN. The molecule has 3 heteroatoms. The molecule has 13 heavy (non-hydrogen) atoms. The summed E-state index contributed by atoms with van der Waals surface area (Å²) in [5.41, 5.74) is 0.972. The summed E-state index contributed by atoms with van der Waals surface area (Å²) in [7, 11) is 0. The molecule has 0 N–H and O–H groups in total. The van der Waals surface area contributed by atoms with Gasteiger partial charge in [0.2, 0.25) is 0 Å². The third-order valence-electron chi connectivity index (χ3n) is 1.95. The van der Waals surface area contributed by atoms with Gasteiger partial charge in [-0.1, -0.05) is 41.4 Å². The van der Waals surface area contributed by atoms with E-state index in [9.17, 15) is 0 Å². The summed E-state index contributed by atoms with van der Waals surface area (Å²) < 4.78 is 0. The number of aromatic nitrogens is 1. The molecule has 0 aliphatic carbocycles. The van der Waals surface area contributed by atoms with Gasteiger partial charge in [-0.15, -0.1) is 0 Å². The third-order valence-corrected chi connectivity index (χ3v) is 3.67. The summed E-state index contributed by atoms with van der Waals surface area (Å²) in [4.78, 5) is 4.68. The van der Waals surface area contributed by atoms with Gasteiger partial charge in [0, 0.05) is 17.4 Å². The number of hydrogen-bond acceptors (Lipinski definition) is 1. The van der Waals surface area contributed by atoms with E-state index in [0.717, 1.165) is 17.1 Å². The van der Waals surface area contributed by atoms with Crippen LogP contribution in [0.4, 0.5) is 0 Å². The molecule has 1 aromatic rings. The van der Waals surface area contributed by atoms with E-state index in [1.165, 1.54) is 0 Å². The minimum absolute atomic E-state index is 0.444. The fraction of sp³-hybridized carbons (Fsp3) is 0.500. The zero-order valence-corrected chi connectivity index (χ0v) is 10.1. The Morgan fingerprint density at radius 1 is 1.54 bits per heavy atom. The van der Waals surface area contributed by atoms with Crippen molar-refractivity contribution in [3.05, 3.63) is 29.0 Å². The van der Waals surface area contributed by atoms with Crippen LogP contribution < -0.4 is 0 Å². The highest BCUT2D eigenvalue weighted by Crippen LogP contribution is 2.21. The first-order valence-electron chi connectivity index (χ1n) is 4.34. The molecule has 0 aliphatic heterocycles. The molecule has 1 heterocycles. The van der Waals surface area contributed by atoms with E-state index >= 15 is 0 Å². The van der Waals surface area contributed by atoms with Crippen molar-refractivity contribution < 1.29 is 0 Å². The number of pyridine rings is 1. The zero-order valence-electron chi connectivity index (χ0n) is 7.80. The van der Waals surface area contributed by atoms with Crippen LogP contribution in [0.3, 0.4) is 0 Å². The molecule has 0 bridgehead atoms. The van der Waals surface area contributed by atoms with Crippen molar-refractivity contribution in [2.24, 2.45) is 5.92 Å². The summed E-state index contributed by atoms with van der Waals surface area (Å²) in [6.45, 7) is 4.35. The van der Waals surface area contributed by atoms with Gasteiger partial charge in [0.1, 0.15) is 0 Å². The Morgan fingerprint density at radius 3 is 2.77 bits per heavy atom. The minimum atomic E-state index is 0.444. The van der Waals surface area contributed by atoms with Crippen LogP contribution in [0.5, 0.6) is 0 Å². The fourth-order valence-corrected chi connectivity index (χ4v) is 1.49. The lowest BCUT2D eigenvalue weighted by Crippen LogP contribution is -2.11. The summed E-state index contributed by atoms with van der Waals surface area (Å²) in [6.07, 6.45) is 2.67. The zero-order chi connectivity index (χ0) is 9.84. The molecule has 1 aromatic heterocycles. The highest BCUT2D eigenvalue weighted by molar-refractivity contribution is 9.09. The number of alkyl halides is 1. The van der Waals surface area contributed by atoms with Crippen LogP contribution in [0.15, 0.2) is 18.3 Å². The van der Waals surface area contributed by atoms with E-state index in [2.05, 4.69) is 34.8 Å². The Hall–Kier alpha value is -0.0800. The van der Waals surface area contributed by atoms with Crippen molar-refractivity contribution in [2.75, 3.05) is 0 Å². The normalized spacial score (nSPS) is 13.3. The molecule has 0 aromatic carbocycles. The maximum absolute atomic E-state index is 5.99. The van der Waals surface area contributed by atoms with E-state index in [4.69, 9.17) is 11.6 Å². The van der Waals surface area contributed by atoms with Crippen molar-refractivity contribution in [2.45, 2.75) is 25.1 Å². The first-order chi connectivity index (χ1) is 6.11. The summed E-state index contributed by atoms with van der Waals surface area (Å²) in [5, 5.41) is 0.757. The lowest BCUT2D eigenvalue weighted by atomic mass is 10.1. The third kappa shape index (κ3) is 3.28. The maximum Gasteiger partial charge on any atom is 0.0621 e. The number of rotatable bonds is 3. The number of nitrogens with zero attached hydrogens (tertiary/aromatic N) is 1. The first-order valence-corrected chi connectivity index (χ1v) is 5.64. The molecular weight excluding hydrogens is 249 g/mol. The van der Waals surface area contributed by atoms with Gasteiger partial charge in [-0.05, 0) is 18.1 Å². The van der Waals surface area contributed by atoms with E-state index in [1.807, 2.05) is 12.1 Å². The molecule has 1 atom stereocenters. The Labute approximate surface area is 92.6 Å². The second kappa shape index (κ2) is 4.97. The first kappa shape index (κ1) is 11.0. The van der Waals surface area contributed by atoms with E-state index < -0.39 is 0 Å². The van der Waals surface area contributed by atoms with Gasteiger partial charge in [0.15, 0.2) is 0 Å². The molecule has 0 aliphatic rings. The molecule has 0 saturated carbocycles. The van der Waals surface area contributed by atoms with Crippen LogP contribution in [0.1, 0.15) is 19.5 Å². The van der Waals surface area contributed by atoms with Gasteiger partial charge in [-0.3, -0.25) is 4.98 Å². The molecule has 1 nitrogen and oxygen atoms in total. The van der Waals surface area contributed by atoms with Crippen LogP contribution >= 0.6 is 27.5 Å². The topological polar surface area (TPSA) is 12.9 Å². The predicted octanol–water partition coefficient (Wildman–Crippen LogP) is 3.70. The lowest BCUT2D eigenvalue weighted by molar-refractivity contribution is 0.607. The highest BCUT2D eigenvalue weighted by atomic mass is 79.9. The monoisotopic (exact) mass is 261 g/mol. The van der Waals surface area contributed by atoms with Crippen LogP contribution in [0.25, 0.3) is 0 Å². The second-order valence-corrected chi connectivity index (χ2v) is 4.98. The fourth-order valence-electron chi connectivity index (χ4n) is 0.989. The Morgan fingerprint density at radius 2 is 2.23 bits per heavy atom. The van der Waals surface area contributed by atoms with E-state index in [1.54, 1.807) is 6.20 Å². The molecule has 0 saturated heterocycles. The summed E-state index contributed by atoms with van der Waals surface area (Å²) in [6, 6.07) is 3.73. The van der Waals surface area contributed by atoms with Gasteiger partial charge in [0.25, 0.3) is 0 Å². The number of halogens is 2.